The van der Waals surface area contributed by atoms with Crippen LogP contribution in [0.3, 0.4) is 0 Å². The third-order valence-electron chi connectivity index (χ3n) is 5.04. The molecule has 4 rings (SSSR count). The molecule has 0 saturated heterocycles. The number of carbonyl (C=O) groups excluding carboxylic acids is 1. The second-order valence-corrected chi connectivity index (χ2v) is 8.20. The van der Waals surface area contributed by atoms with Crippen LogP contribution in [0.25, 0.3) is 10.9 Å². The maximum atomic E-state index is 13.1. The maximum Gasteiger partial charge on any atom is 0.322 e. The van der Waals surface area contributed by atoms with Gasteiger partial charge in [0, 0.05) is 27.0 Å². The molecular formula is C24H23N3O4S. The Labute approximate surface area is 189 Å². The molecule has 2 heterocycles. The van der Waals surface area contributed by atoms with Gasteiger partial charge in [-0.2, -0.15) is 0 Å². The minimum Gasteiger partial charge on any atom is -0.497 e. The zero-order chi connectivity index (χ0) is 22.5. The number of urea groups is 1. The van der Waals surface area contributed by atoms with Gasteiger partial charge in [-0.15, -0.1) is 11.3 Å². The van der Waals surface area contributed by atoms with E-state index in [1.165, 1.54) is 0 Å². The van der Waals surface area contributed by atoms with Crippen LogP contribution in [0.5, 0.6) is 11.5 Å². The number of amides is 2. The van der Waals surface area contributed by atoms with Gasteiger partial charge >= 0.3 is 6.03 Å². The van der Waals surface area contributed by atoms with Crippen LogP contribution < -0.4 is 20.3 Å². The molecule has 0 aliphatic rings. The highest BCUT2D eigenvalue weighted by molar-refractivity contribution is 7.09. The van der Waals surface area contributed by atoms with Gasteiger partial charge in [0.25, 0.3) is 5.56 Å². The van der Waals surface area contributed by atoms with Crippen molar-refractivity contribution in [2.75, 3.05) is 19.5 Å². The molecule has 0 bridgehead atoms. The molecule has 0 fully saturated rings. The van der Waals surface area contributed by atoms with Crippen LogP contribution in [0.4, 0.5) is 10.5 Å². The van der Waals surface area contributed by atoms with E-state index in [9.17, 15) is 9.59 Å². The van der Waals surface area contributed by atoms with Crippen LogP contribution in [0.15, 0.2) is 70.8 Å². The number of rotatable bonds is 7. The third kappa shape index (κ3) is 4.92. The van der Waals surface area contributed by atoms with Gasteiger partial charge in [0.1, 0.15) is 11.5 Å². The van der Waals surface area contributed by atoms with E-state index in [0.29, 0.717) is 34.8 Å². The summed E-state index contributed by atoms with van der Waals surface area (Å²) in [7, 11) is 3.19. The molecule has 0 unspecified atom stereocenters. The van der Waals surface area contributed by atoms with Crippen molar-refractivity contribution in [2.45, 2.75) is 13.1 Å². The quantitative estimate of drug-likeness (QED) is 0.423. The number of aromatic nitrogens is 1. The smallest absolute Gasteiger partial charge is 0.322 e. The Hall–Kier alpha value is -3.78. The van der Waals surface area contributed by atoms with Crippen LogP contribution in [-0.2, 0) is 13.1 Å². The molecule has 2 amide bonds. The summed E-state index contributed by atoms with van der Waals surface area (Å²) in [6, 6.07) is 18.0. The second-order valence-electron chi connectivity index (χ2n) is 7.17. The first-order valence-electron chi connectivity index (χ1n) is 9.98. The number of hydrogen-bond acceptors (Lipinski definition) is 5. The van der Waals surface area contributed by atoms with Crippen molar-refractivity contribution < 1.29 is 14.3 Å². The Morgan fingerprint density at radius 3 is 2.44 bits per heavy atom. The first kappa shape index (κ1) is 21.5. The van der Waals surface area contributed by atoms with E-state index in [1.54, 1.807) is 72.9 Å². The van der Waals surface area contributed by atoms with Gasteiger partial charge in [-0.25, -0.2) is 4.79 Å². The number of anilines is 1. The largest absolute Gasteiger partial charge is 0.497 e. The fourth-order valence-electron chi connectivity index (χ4n) is 3.35. The zero-order valence-electron chi connectivity index (χ0n) is 17.8. The lowest BCUT2D eigenvalue weighted by Gasteiger charge is -2.23. The first-order valence-corrected chi connectivity index (χ1v) is 10.9. The number of H-pyrrole nitrogens is 1. The monoisotopic (exact) mass is 449 g/mol. The second kappa shape index (κ2) is 9.57. The van der Waals surface area contributed by atoms with Crippen molar-refractivity contribution in [3.63, 3.8) is 0 Å². The molecule has 0 radical (unpaired) electrons. The topological polar surface area (TPSA) is 83.7 Å². The molecule has 2 N–H and O–H groups in total. The number of pyridine rings is 1. The lowest BCUT2D eigenvalue weighted by atomic mass is 10.1. The number of ether oxygens (including phenoxy) is 2. The highest BCUT2D eigenvalue weighted by atomic mass is 32.1. The summed E-state index contributed by atoms with van der Waals surface area (Å²) < 4.78 is 10.5. The van der Waals surface area contributed by atoms with Crippen molar-refractivity contribution in [2.24, 2.45) is 0 Å². The highest BCUT2D eigenvalue weighted by Gasteiger charge is 2.18. The van der Waals surface area contributed by atoms with E-state index in [0.717, 1.165) is 10.3 Å². The van der Waals surface area contributed by atoms with E-state index in [1.807, 2.05) is 23.6 Å². The molecule has 2 aromatic carbocycles. The average molecular weight is 450 g/mol. The summed E-state index contributed by atoms with van der Waals surface area (Å²) in [5.74, 6) is 1.40. The number of nitrogens with one attached hydrogen (secondary N) is 2. The normalized spacial score (nSPS) is 10.7. The molecule has 0 spiro atoms. The molecule has 8 heteroatoms. The van der Waals surface area contributed by atoms with E-state index in [4.69, 9.17) is 9.47 Å². The number of hydrogen-bond donors (Lipinski definition) is 2. The lowest BCUT2D eigenvalue weighted by molar-refractivity contribution is 0.207. The highest BCUT2D eigenvalue weighted by Crippen LogP contribution is 2.21. The Kier molecular flexibility index (Phi) is 6.42. The molecule has 164 valence electrons. The number of fused-ring (bicyclic) bond motifs is 1. The molecular weight excluding hydrogens is 426 g/mol. The van der Waals surface area contributed by atoms with Crippen LogP contribution in [-0.4, -0.2) is 30.1 Å². The summed E-state index contributed by atoms with van der Waals surface area (Å²) in [4.78, 5) is 31.4. The molecule has 32 heavy (non-hydrogen) atoms. The SMILES string of the molecule is COc1ccc(NC(=O)N(Cc2cccs2)Cc2cc3cc(OC)ccc3[nH]c2=O)cc1. The Morgan fingerprint density at radius 2 is 1.75 bits per heavy atom. The van der Waals surface area contributed by atoms with Gasteiger partial charge < -0.3 is 24.7 Å². The van der Waals surface area contributed by atoms with Crippen molar-refractivity contribution in [1.29, 1.82) is 0 Å². The van der Waals surface area contributed by atoms with Crippen molar-refractivity contribution in [3.8, 4) is 11.5 Å². The number of carbonyl (C=O) groups is 1. The Morgan fingerprint density at radius 1 is 1.00 bits per heavy atom. The van der Waals surface area contributed by atoms with Gasteiger partial charge in [-0.3, -0.25) is 4.79 Å². The molecule has 2 aromatic heterocycles. The number of methoxy groups -OCH3 is 2. The predicted octanol–water partition coefficient (Wildman–Crippen LogP) is 4.84. The lowest BCUT2D eigenvalue weighted by Crippen LogP contribution is -2.35. The molecule has 0 atom stereocenters. The summed E-state index contributed by atoms with van der Waals surface area (Å²) in [5.41, 5.74) is 1.62. The molecule has 0 aliphatic heterocycles. The third-order valence-corrected chi connectivity index (χ3v) is 5.91. The van der Waals surface area contributed by atoms with Crippen LogP contribution in [0, 0.1) is 0 Å². The molecule has 4 aromatic rings. The number of aromatic amines is 1. The molecule has 0 aliphatic carbocycles. The maximum absolute atomic E-state index is 13.1. The van der Waals surface area contributed by atoms with E-state index in [2.05, 4.69) is 10.3 Å². The fourth-order valence-corrected chi connectivity index (χ4v) is 4.07. The van der Waals surface area contributed by atoms with Gasteiger partial charge in [-0.05, 0) is 60.0 Å². The van der Waals surface area contributed by atoms with Gasteiger partial charge in [0.05, 0.1) is 27.3 Å². The van der Waals surface area contributed by atoms with Crippen LogP contribution in [0.1, 0.15) is 10.4 Å². The standard InChI is InChI=1S/C24H23N3O4S/c1-30-19-7-5-18(6-8-19)25-24(29)27(15-21-4-3-11-32-21)14-17-12-16-13-20(31-2)9-10-22(16)26-23(17)28/h3-13H,14-15H2,1-2H3,(H,25,29)(H,26,28). The van der Waals surface area contributed by atoms with Crippen molar-refractivity contribution in [3.05, 3.63) is 86.8 Å². The van der Waals surface area contributed by atoms with Gasteiger partial charge in [0.15, 0.2) is 0 Å². The number of nitrogens with zero attached hydrogens (tertiary/aromatic N) is 1. The zero-order valence-corrected chi connectivity index (χ0v) is 18.6. The number of benzene rings is 2. The average Bonchev–Trinajstić information content (AvgIpc) is 3.32. The Bertz CT molecular complexity index is 1270. The minimum atomic E-state index is -0.297. The fraction of sp³-hybridized carbons (Fsp3) is 0.167. The number of thiophene rings is 1. The van der Waals surface area contributed by atoms with Crippen molar-refractivity contribution in [1.82, 2.24) is 9.88 Å². The summed E-state index contributed by atoms with van der Waals surface area (Å²) in [5, 5.41) is 5.71. The summed E-state index contributed by atoms with van der Waals surface area (Å²) >= 11 is 1.56. The van der Waals surface area contributed by atoms with Crippen LogP contribution in [0.2, 0.25) is 0 Å². The van der Waals surface area contributed by atoms with Crippen molar-refractivity contribution >= 4 is 34.0 Å². The van der Waals surface area contributed by atoms with E-state index >= 15 is 0 Å². The molecule has 0 saturated carbocycles. The van der Waals surface area contributed by atoms with Crippen LogP contribution >= 0.6 is 11.3 Å². The molecule has 7 nitrogen and oxygen atoms in total. The van der Waals surface area contributed by atoms with Gasteiger partial charge in [0.2, 0.25) is 0 Å². The van der Waals surface area contributed by atoms with Gasteiger partial charge in [-0.1, -0.05) is 6.07 Å². The van der Waals surface area contributed by atoms with E-state index < -0.39 is 0 Å². The Balaban J connectivity index is 1.61. The van der Waals surface area contributed by atoms with E-state index in [-0.39, 0.29) is 18.1 Å². The minimum absolute atomic E-state index is 0.155. The predicted molar refractivity (Wildman–Crippen MR) is 127 cm³/mol. The summed E-state index contributed by atoms with van der Waals surface area (Å²) in [6.07, 6.45) is 0. The summed E-state index contributed by atoms with van der Waals surface area (Å²) in [6.45, 7) is 0.539. The first-order chi connectivity index (χ1) is 15.6.